The quantitative estimate of drug-likeness (QED) is 0.682. The number of aromatic nitrogens is 3. The minimum absolute atomic E-state index is 0.270. The van der Waals surface area contributed by atoms with Crippen molar-refractivity contribution in [3.63, 3.8) is 0 Å². The molecule has 2 heterocycles. The first-order valence-corrected chi connectivity index (χ1v) is 7.99. The highest BCUT2D eigenvalue weighted by molar-refractivity contribution is 6.25. The highest BCUT2D eigenvalue weighted by atomic mass is 35.5. The minimum atomic E-state index is -0.270. The predicted octanol–water partition coefficient (Wildman–Crippen LogP) is 4.52. The lowest BCUT2D eigenvalue weighted by molar-refractivity contribution is 0.293. The Kier molecular flexibility index (Phi) is 4.81. The van der Waals surface area contributed by atoms with E-state index in [-0.39, 0.29) is 5.82 Å². The molecule has 2 aromatic heterocycles. The Morgan fingerprint density at radius 1 is 1.25 bits per heavy atom. The van der Waals surface area contributed by atoms with Crippen LogP contribution in [0.25, 0.3) is 10.9 Å². The molecule has 4 nitrogen and oxygen atoms in total. The van der Waals surface area contributed by atoms with E-state index in [4.69, 9.17) is 16.3 Å². The first-order valence-electron chi connectivity index (χ1n) is 7.55. The van der Waals surface area contributed by atoms with Crippen molar-refractivity contribution in [3.8, 4) is 5.88 Å². The molecular formula is C18H17ClFN3O. The number of halogens is 2. The lowest BCUT2D eigenvalue weighted by atomic mass is 10.2. The Labute approximate surface area is 144 Å². The third-order valence-corrected chi connectivity index (χ3v) is 4.26. The monoisotopic (exact) mass is 345 g/mol. The van der Waals surface area contributed by atoms with Gasteiger partial charge in [-0.25, -0.2) is 4.39 Å². The molecule has 3 aromatic rings. The van der Waals surface area contributed by atoms with Crippen LogP contribution in [0.15, 0.2) is 42.1 Å². The molecule has 0 atom stereocenters. The molecule has 0 aliphatic carbocycles. The molecule has 6 heteroatoms. The van der Waals surface area contributed by atoms with Gasteiger partial charge in [0, 0.05) is 23.2 Å². The first kappa shape index (κ1) is 16.5. The highest BCUT2D eigenvalue weighted by Gasteiger charge is 2.16. The summed E-state index contributed by atoms with van der Waals surface area (Å²) >= 11 is 5.67. The van der Waals surface area contributed by atoms with Crippen LogP contribution in [0.3, 0.4) is 0 Å². The molecule has 0 N–H and O–H groups in total. The average molecular weight is 346 g/mol. The molecule has 0 amide bonds. The van der Waals surface area contributed by atoms with E-state index in [1.165, 1.54) is 17.7 Å². The molecule has 3 rings (SSSR count). The summed E-state index contributed by atoms with van der Waals surface area (Å²) in [5, 5.41) is 9.18. The zero-order chi connectivity index (χ0) is 17.1. The standard InChI is InChI=1S/C18H17ClFN3O/c1-12-13(2)23(9-3-8-19)17-16(12)10-21-22-18(17)24-11-14-4-6-15(20)7-5-14/h3-8,10H,9,11H2,1-2H3/b8-3+. The van der Waals surface area contributed by atoms with Gasteiger partial charge in [0.25, 0.3) is 5.88 Å². The van der Waals surface area contributed by atoms with E-state index < -0.39 is 0 Å². The fourth-order valence-corrected chi connectivity index (χ4v) is 2.75. The normalized spacial score (nSPS) is 11.5. The van der Waals surface area contributed by atoms with Crippen molar-refractivity contribution in [3.05, 3.63) is 64.7 Å². The molecule has 24 heavy (non-hydrogen) atoms. The van der Waals surface area contributed by atoms with Gasteiger partial charge in [-0.1, -0.05) is 29.8 Å². The van der Waals surface area contributed by atoms with Gasteiger partial charge in [-0.15, -0.1) is 5.10 Å². The molecule has 0 bridgehead atoms. The summed E-state index contributed by atoms with van der Waals surface area (Å²) in [6.45, 7) is 5.01. The van der Waals surface area contributed by atoms with E-state index in [0.717, 1.165) is 27.7 Å². The van der Waals surface area contributed by atoms with Crippen LogP contribution in [0.4, 0.5) is 4.39 Å². The molecule has 0 fully saturated rings. The SMILES string of the molecule is Cc1c(C)n(C/C=C/Cl)c2c(OCc3ccc(F)cc3)nncc12. The Balaban J connectivity index is 1.98. The number of ether oxygens (including phenoxy) is 1. The van der Waals surface area contributed by atoms with E-state index in [0.29, 0.717) is 19.0 Å². The molecule has 0 aliphatic rings. The predicted molar refractivity (Wildman–Crippen MR) is 92.7 cm³/mol. The van der Waals surface area contributed by atoms with E-state index in [1.54, 1.807) is 18.3 Å². The van der Waals surface area contributed by atoms with Crippen LogP contribution in [0.2, 0.25) is 0 Å². The molecule has 0 unspecified atom stereocenters. The second kappa shape index (κ2) is 7.01. The number of hydrogen-bond donors (Lipinski definition) is 0. The number of rotatable bonds is 5. The van der Waals surface area contributed by atoms with Crippen LogP contribution in [-0.2, 0) is 13.2 Å². The van der Waals surface area contributed by atoms with Crippen LogP contribution in [-0.4, -0.2) is 14.8 Å². The molecule has 0 spiro atoms. The zero-order valence-corrected chi connectivity index (χ0v) is 14.2. The summed E-state index contributed by atoms with van der Waals surface area (Å²) in [5.41, 5.74) is 5.49. The molecular weight excluding hydrogens is 329 g/mol. The summed E-state index contributed by atoms with van der Waals surface area (Å²) in [4.78, 5) is 0. The Hall–Kier alpha value is -2.40. The fourth-order valence-electron chi connectivity index (χ4n) is 2.67. The Morgan fingerprint density at radius 2 is 2.00 bits per heavy atom. The van der Waals surface area contributed by atoms with E-state index >= 15 is 0 Å². The van der Waals surface area contributed by atoms with Crippen molar-refractivity contribution in [1.29, 1.82) is 0 Å². The van der Waals surface area contributed by atoms with Gasteiger partial charge >= 0.3 is 0 Å². The fraction of sp³-hybridized carbons (Fsp3) is 0.222. The molecule has 0 radical (unpaired) electrons. The molecule has 1 aromatic carbocycles. The Morgan fingerprint density at radius 3 is 2.71 bits per heavy atom. The molecule has 124 valence electrons. The molecule has 0 aliphatic heterocycles. The van der Waals surface area contributed by atoms with Crippen LogP contribution < -0.4 is 4.74 Å². The summed E-state index contributed by atoms with van der Waals surface area (Å²) in [6, 6.07) is 6.20. The van der Waals surface area contributed by atoms with Crippen molar-refractivity contribution in [2.45, 2.75) is 27.0 Å². The largest absolute Gasteiger partial charge is 0.470 e. The number of hydrogen-bond acceptors (Lipinski definition) is 3. The first-order chi connectivity index (χ1) is 11.6. The van der Waals surface area contributed by atoms with Crippen LogP contribution in [0.1, 0.15) is 16.8 Å². The average Bonchev–Trinajstić information content (AvgIpc) is 2.84. The maximum atomic E-state index is 13.0. The van der Waals surface area contributed by atoms with Crippen molar-refractivity contribution in [1.82, 2.24) is 14.8 Å². The smallest absolute Gasteiger partial charge is 0.258 e. The number of fused-ring (bicyclic) bond motifs is 1. The van der Waals surface area contributed by atoms with Gasteiger partial charge in [-0.05, 0) is 37.1 Å². The van der Waals surface area contributed by atoms with Crippen LogP contribution >= 0.6 is 11.6 Å². The number of allylic oxidation sites excluding steroid dienone is 1. The number of benzene rings is 1. The number of nitrogens with zero attached hydrogens (tertiary/aromatic N) is 3. The third kappa shape index (κ3) is 3.12. The molecule has 0 saturated carbocycles. The van der Waals surface area contributed by atoms with Gasteiger partial charge in [0.05, 0.1) is 6.20 Å². The zero-order valence-electron chi connectivity index (χ0n) is 13.5. The minimum Gasteiger partial charge on any atom is -0.470 e. The summed E-state index contributed by atoms with van der Waals surface area (Å²) < 4.78 is 20.9. The van der Waals surface area contributed by atoms with Gasteiger partial charge in [0.15, 0.2) is 0 Å². The Bertz CT molecular complexity index is 887. The van der Waals surface area contributed by atoms with E-state index in [9.17, 15) is 4.39 Å². The van der Waals surface area contributed by atoms with Gasteiger partial charge in [0.2, 0.25) is 0 Å². The second-order valence-corrected chi connectivity index (χ2v) is 5.76. The lowest BCUT2D eigenvalue weighted by Crippen LogP contribution is -2.03. The van der Waals surface area contributed by atoms with Crippen molar-refractivity contribution in [2.75, 3.05) is 0 Å². The van der Waals surface area contributed by atoms with Gasteiger partial charge in [0.1, 0.15) is 17.9 Å². The van der Waals surface area contributed by atoms with Crippen LogP contribution in [0.5, 0.6) is 5.88 Å². The van der Waals surface area contributed by atoms with E-state index in [1.807, 2.05) is 19.9 Å². The third-order valence-electron chi connectivity index (χ3n) is 4.08. The van der Waals surface area contributed by atoms with Crippen molar-refractivity contribution < 1.29 is 9.13 Å². The summed E-state index contributed by atoms with van der Waals surface area (Å²) in [5.74, 6) is 0.185. The summed E-state index contributed by atoms with van der Waals surface area (Å²) in [6.07, 6.45) is 3.60. The lowest BCUT2D eigenvalue weighted by Gasteiger charge is -2.10. The van der Waals surface area contributed by atoms with Crippen molar-refractivity contribution in [2.24, 2.45) is 0 Å². The van der Waals surface area contributed by atoms with Crippen LogP contribution in [0, 0.1) is 19.7 Å². The number of aryl methyl sites for hydroxylation is 1. The maximum absolute atomic E-state index is 13.0. The molecule has 0 saturated heterocycles. The highest BCUT2D eigenvalue weighted by Crippen LogP contribution is 2.30. The van der Waals surface area contributed by atoms with Gasteiger partial charge in [-0.3, -0.25) is 0 Å². The van der Waals surface area contributed by atoms with E-state index in [2.05, 4.69) is 14.8 Å². The summed E-state index contributed by atoms with van der Waals surface area (Å²) in [7, 11) is 0. The van der Waals surface area contributed by atoms with Gasteiger partial charge in [-0.2, -0.15) is 5.10 Å². The topological polar surface area (TPSA) is 39.9 Å². The van der Waals surface area contributed by atoms with Gasteiger partial charge < -0.3 is 9.30 Å². The second-order valence-electron chi connectivity index (χ2n) is 5.51. The maximum Gasteiger partial charge on any atom is 0.258 e. The van der Waals surface area contributed by atoms with Crippen molar-refractivity contribution >= 4 is 22.5 Å².